The van der Waals surface area contributed by atoms with Crippen molar-refractivity contribution in [1.82, 2.24) is 4.90 Å². The number of carbonyl (C=O) groups is 2. The molecule has 0 fully saturated rings. The van der Waals surface area contributed by atoms with Crippen LogP contribution in [0.1, 0.15) is 18.1 Å². The maximum atomic E-state index is 12.0. The van der Waals surface area contributed by atoms with Gasteiger partial charge in [-0.25, -0.2) is 0 Å². The van der Waals surface area contributed by atoms with Crippen LogP contribution in [0.3, 0.4) is 0 Å². The average molecular weight is 278 g/mol. The van der Waals surface area contributed by atoms with E-state index in [1.165, 1.54) is 4.90 Å². The second-order valence-corrected chi connectivity index (χ2v) is 4.23. The molecule has 0 aliphatic rings. The summed E-state index contributed by atoms with van der Waals surface area (Å²) in [5.74, 6) is -0.711. The molecule has 0 atom stereocenters. The minimum Gasteiger partial charge on any atom is -0.409 e. The number of amidine groups is 1. The summed E-state index contributed by atoms with van der Waals surface area (Å²) in [5, 5.41) is 11.4. The second-order valence-electron chi connectivity index (χ2n) is 4.23. The van der Waals surface area contributed by atoms with E-state index >= 15 is 0 Å². The van der Waals surface area contributed by atoms with Gasteiger partial charge in [-0.1, -0.05) is 29.4 Å². The van der Waals surface area contributed by atoms with E-state index in [0.717, 1.165) is 5.56 Å². The third kappa shape index (κ3) is 4.27. The van der Waals surface area contributed by atoms with Gasteiger partial charge in [0.2, 0.25) is 11.8 Å². The number of hydrogen-bond acceptors (Lipinski definition) is 4. The lowest BCUT2D eigenvalue weighted by molar-refractivity contribution is -0.134. The number of hydrogen-bond donors (Lipinski definition) is 3. The highest BCUT2D eigenvalue weighted by molar-refractivity contribution is 5.97. The molecule has 1 aromatic rings. The highest BCUT2D eigenvalue weighted by Gasteiger charge is 2.14. The lowest BCUT2D eigenvalue weighted by atomic mass is 10.1. The first-order valence-electron chi connectivity index (χ1n) is 6.10. The monoisotopic (exact) mass is 278 g/mol. The molecule has 0 radical (unpaired) electrons. The van der Waals surface area contributed by atoms with Gasteiger partial charge in [0.25, 0.3) is 0 Å². The fourth-order valence-corrected chi connectivity index (χ4v) is 1.70. The second kappa shape index (κ2) is 7.13. The Morgan fingerprint density at radius 3 is 2.30 bits per heavy atom. The molecule has 2 amide bonds. The predicted octanol–water partition coefficient (Wildman–Crippen LogP) is -0.343. The van der Waals surface area contributed by atoms with Gasteiger partial charge in [-0.3, -0.25) is 9.59 Å². The molecule has 20 heavy (non-hydrogen) atoms. The van der Waals surface area contributed by atoms with Crippen LogP contribution in [-0.4, -0.2) is 40.8 Å². The Labute approximate surface area is 116 Å². The van der Waals surface area contributed by atoms with E-state index < -0.39 is 5.91 Å². The van der Waals surface area contributed by atoms with E-state index in [1.807, 2.05) is 0 Å². The van der Waals surface area contributed by atoms with Crippen molar-refractivity contribution in [2.24, 2.45) is 16.6 Å². The molecule has 0 aromatic heterocycles. The quantitative estimate of drug-likeness (QED) is 0.285. The van der Waals surface area contributed by atoms with Crippen molar-refractivity contribution in [3.8, 4) is 0 Å². The number of likely N-dealkylation sites (N-methyl/N-ethyl adjacent to an activating group) is 1. The Bertz CT molecular complexity index is 511. The maximum Gasteiger partial charge on any atom is 0.237 e. The lowest BCUT2D eigenvalue weighted by Crippen LogP contribution is -2.39. The molecule has 0 aliphatic heterocycles. The number of primary amides is 1. The summed E-state index contributed by atoms with van der Waals surface area (Å²) in [4.78, 5) is 24.2. The van der Waals surface area contributed by atoms with Gasteiger partial charge >= 0.3 is 0 Å². The van der Waals surface area contributed by atoms with Crippen molar-refractivity contribution in [1.29, 1.82) is 0 Å². The number of nitrogens with zero attached hydrogens (tertiary/aromatic N) is 2. The van der Waals surface area contributed by atoms with Crippen LogP contribution < -0.4 is 11.5 Å². The molecule has 0 saturated carbocycles. The SMILES string of the molecule is CCN(CC(N)=O)C(=O)Cc1ccc(/C(N)=N/O)cc1. The van der Waals surface area contributed by atoms with Gasteiger partial charge in [0.1, 0.15) is 0 Å². The van der Waals surface area contributed by atoms with E-state index in [2.05, 4.69) is 5.16 Å². The van der Waals surface area contributed by atoms with Crippen molar-refractivity contribution in [2.75, 3.05) is 13.1 Å². The summed E-state index contributed by atoms with van der Waals surface area (Å²) in [5.41, 5.74) is 11.9. The smallest absolute Gasteiger partial charge is 0.237 e. The first kappa shape index (κ1) is 15.5. The van der Waals surface area contributed by atoms with Gasteiger partial charge in [0.15, 0.2) is 5.84 Å². The van der Waals surface area contributed by atoms with Crippen LogP contribution in [0.15, 0.2) is 29.4 Å². The molecule has 108 valence electrons. The zero-order valence-electron chi connectivity index (χ0n) is 11.2. The zero-order chi connectivity index (χ0) is 15.1. The van der Waals surface area contributed by atoms with Gasteiger partial charge in [0.05, 0.1) is 13.0 Å². The zero-order valence-corrected chi connectivity index (χ0v) is 11.2. The van der Waals surface area contributed by atoms with Crippen molar-refractivity contribution in [2.45, 2.75) is 13.3 Å². The van der Waals surface area contributed by atoms with E-state index in [-0.39, 0.29) is 24.7 Å². The Balaban J connectivity index is 2.72. The van der Waals surface area contributed by atoms with Crippen LogP contribution >= 0.6 is 0 Å². The third-order valence-electron chi connectivity index (χ3n) is 2.79. The normalized spacial score (nSPS) is 11.2. The van der Waals surface area contributed by atoms with Crippen LogP contribution in [0, 0.1) is 0 Å². The fraction of sp³-hybridized carbons (Fsp3) is 0.308. The van der Waals surface area contributed by atoms with Gasteiger partial charge in [-0.2, -0.15) is 0 Å². The number of carbonyl (C=O) groups excluding carboxylic acids is 2. The Morgan fingerprint density at radius 1 is 1.25 bits per heavy atom. The summed E-state index contributed by atoms with van der Waals surface area (Å²) in [6, 6.07) is 6.73. The Morgan fingerprint density at radius 2 is 1.85 bits per heavy atom. The molecule has 0 saturated heterocycles. The molecular weight excluding hydrogens is 260 g/mol. The summed E-state index contributed by atoms with van der Waals surface area (Å²) in [6.45, 7) is 2.11. The molecular formula is C13H18N4O3. The third-order valence-corrected chi connectivity index (χ3v) is 2.79. The first-order valence-corrected chi connectivity index (χ1v) is 6.10. The highest BCUT2D eigenvalue weighted by atomic mass is 16.4. The molecule has 5 N–H and O–H groups in total. The first-order chi connectivity index (χ1) is 9.47. The topological polar surface area (TPSA) is 122 Å². The highest BCUT2D eigenvalue weighted by Crippen LogP contribution is 2.07. The van der Waals surface area contributed by atoms with Gasteiger partial charge < -0.3 is 21.6 Å². The molecule has 1 rings (SSSR count). The summed E-state index contributed by atoms with van der Waals surface area (Å²) >= 11 is 0. The summed E-state index contributed by atoms with van der Waals surface area (Å²) < 4.78 is 0. The van der Waals surface area contributed by atoms with Gasteiger partial charge in [0, 0.05) is 12.1 Å². The number of nitrogens with two attached hydrogens (primary N) is 2. The van der Waals surface area contributed by atoms with E-state index in [1.54, 1.807) is 31.2 Å². The lowest BCUT2D eigenvalue weighted by Gasteiger charge is -2.19. The number of amides is 2. The molecule has 0 spiro atoms. The summed E-state index contributed by atoms with van der Waals surface area (Å²) in [7, 11) is 0. The van der Waals surface area contributed by atoms with Crippen LogP contribution in [0.5, 0.6) is 0 Å². The van der Waals surface area contributed by atoms with E-state index in [4.69, 9.17) is 16.7 Å². The fourth-order valence-electron chi connectivity index (χ4n) is 1.70. The van der Waals surface area contributed by atoms with Crippen LogP contribution in [0.4, 0.5) is 0 Å². The van der Waals surface area contributed by atoms with Gasteiger partial charge in [-0.15, -0.1) is 0 Å². The molecule has 7 heteroatoms. The number of rotatable bonds is 6. The Kier molecular flexibility index (Phi) is 5.52. The van der Waals surface area contributed by atoms with Gasteiger partial charge in [-0.05, 0) is 12.5 Å². The molecule has 7 nitrogen and oxygen atoms in total. The minimum atomic E-state index is -0.539. The number of oxime groups is 1. The standard InChI is InChI=1S/C13H18N4O3/c1-2-17(8-11(14)18)12(19)7-9-3-5-10(6-4-9)13(15)16-20/h3-6,20H,2,7-8H2,1H3,(H2,14,18)(H2,15,16). The predicted molar refractivity (Wildman–Crippen MR) is 74.1 cm³/mol. The molecule has 0 aliphatic carbocycles. The van der Waals surface area contributed by atoms with Crippen molar-refractivity contribution in [3.05, 3.63) is 35.4 Å². The van der Waals surface area contributed by atoms with Crippen LogP contribution in [-0.2, 0) is 16.0 Å². The maximum absolute atomic E-state index is 12.0. The number of benzene rings is 1. The van der Waals surface area contributed by atoms with Crippen molar-refractivity contribution in [3.63, 3.8) is 0 Å². The molecule has 1 aromatic carbocycles. The van der Waals surface area contributed by atoms with E-state index in [0.29, 0.717) is 12.1 Å². The minimum absolute atomic E-state index is 0.00629. The molecule has 0 bridgehead atoms. The Hall–Kier alpha value is -2.57. The van der Waals surface area contributed by atoms with E-state index in [9.17, 15) is 9.59 Å². The van der Waals surface area contributed by atoms with Crippen LogP contribution in [0.25, 0.3) is 0 Å². The van der Waals surface area contributed by atoms with Crippen LogP contribution in [0.2, 0.25) is 0 Å². The largest absolute Gasteiger partial charge is 0.409 e. The molecule has 0 heterocycles. The van der Waals surface area contributed by atoms with Crippen molar-refractivity contribution < 1.29 is 14.8 Å². The summed E-state index contributed by atoms with van der Waals surface area (Å²) in [6.07, 6.45) is 0.164. The molecule has 0 unspecified atom stereocenters. The van der Waals surface area contributed by atoms with Crippen molar-refractivity contribution >= 4 is 17.6 Å². The average Bonchev–Trinajstić information content (AvgIpc) is 2.44.